The summed E-state index contributed by atoms with van der Waals surface area (Å²) in [5.74, 6) is 0.0641. The minimum atomic E-state index is -0.437. The van der Waals surface area contributed by atoms with Crippen molar-refractivity contribution in [2.45, 2.75) is 70.8 Å². The van der Waals surface area contributed by atoms with Crippen molar-refractivity contribution in [1.82, 2.24) is 0 Å². The number of nitrogens with two attached hydrogens (primary N) is 2. The summed E-state index contributed by atoms with van der Waals surface area (Å²) >= 11 is 0. The molecule has 0 unspecified atom stereocenters. The maximum absolute atomic E-state index is 12.5. The van der Waals surface area contributed by atoms with Crippen molar-refractivity contribution in [3.05, 3.63) is 65.2 Å². The van der Waals surface area contributed by atoms with Crippen molar-refractivity contribution in [3.8, 4) is 0 Å². The lowest BCUT2D eigenvalue weighted by molar-refractivity contribution is -0.137. The molecule has 2 aromatic rings. The summed E-state index contributed by atoms with van der Waals surface area (Å²) in [7, 11) is 0. The number of carbonyl (C=O) groups excluding carboxylic acids is 2. The zero-order chi connectivity index (χ0) is 25.0. The van der Waals surface area contributed by atoms with Crippen molar-refractivity contribution in [1.29, 1.82) is 0 Å². The van der Waals surface area contributed by atoms with Gasteiger partial charge in [0, 0.05) is 23.9 Å². The van der Waals surface area contributed by atoms with Crippen LogP contribution in [0.25, 0.3) is 6.08 Å². The molecule has 4 N–H and O–H groups in total. The Bertz CT molecular complexity index is 992. The van der Waals surface area contributed by atoms with Gasteiger partial charge >= 0.3 is 11.9 Å². The van der Waals surface area contributed by atoms with Crippen LogP contribution in [0.1, 0.15) is 79.8 Å². The first kappa shape index (κ1) is 26.3. The van der Waals surface area contributed by atoms with Crippen LogP contribution in [0.15, 0.2) is 48.5 Å². The van der Waals surface area contributed by atoms with Crippen LogP contribution in [0.4, 0.5) is 11.4 Å². The maximum Gasteiger partial charge on any atom is 0.338 e. The van der Waals surface area contributed by atoms with Gasteiger partial charge in [-0.05, 0) is 73.1 Å². The number of hydrogen-bond acceptors (Lipinski definition) is 6. The standard InChI is InChI=1S/C29H38N2O4/c1-2-3-4-5-21-8-15-26(16-9-21)35-29(33)24-11-6-22(7-12-24)10-17-28(32)34-19-18-23-13-14-25(30)20-27(23)31/h6-7,10-14,17,20-21,26H,2-5,8-9,15-16,18-19,30-31H2,1H3. The van der Waals surface area contributed by atoms with Crippen LogP contribution < -0.4 is 11.5 Å². The Labute approximate surface area is 208 Å². The van der Waals surface area contributed by atoms with Gasteiger partial charge in [-0.2, -0.15) is 0 Å². The summed E-state index contributed by atoms with van der Waals surface area (Å²) in [6, 6.07) is 12.3. The molecule has 0 aliphatic heterocycles. The number of ether oxygens (including phenoxy) is 2. The molecule has 3 rings (SSSR count). The lowest BCUT2D eigenvalue weighted by Crippen LogP contribution is -2.24. The first-order valence-electron chi connectivity index (χ1n) is 12.7. The Balaban J connectivity index is 1.38. The van der Waals surface area contributed by atoms with Gasteiger partial charge in [-0.25, -0.2) is 9.59 Å². The molecule has 0 bridgehead atoms. The molecule has 1 aliphatic rings. The molecular formula is C29H38N2O4. The van der Waals surface area contributed by atoms with E-state index in [0.29, 0.717) is 23.4 Å². The van der Waals surface area contributed by atoms with Gasteiger partial charge in [0.15, 0.2) is 0 Å². The number of esters is 2. The van der Waals surface area contributed by atoms with Gasteiger partial charge in [-0.1, -0.05) is 50.8 Å². The van der Waals surface area contributed by atoms with Crippen molar-refractivity contribution in [3.63, 3.8) is 0 Å². The molecule has 0 saturated heterocycles. The van der Waals surface area contributed by atoms with Crippen molar-refractivity contribution in [2.24, 2.45) is 5.92 Å². The van der Waals surface area contributed by atoms with Gasteiger partial charge < -0.3 is 20.9 Å². The topological polar surface area (TPSA) is 105 Å². The minimum absolute atomic E-state index is 0.0165. The second-order valence-electron chi connectivity index (χ2n) is 9.37. The van der Waals surface area contributed by atoms with E-state index in [1.54, 1.807) is 42.5 Å². The molecule has 1 fully saturated rings. The van der Waals surface area contributed by atoms with Crippen LogP contribution in [0.3, 0.4) is 0 Å². The first-order chi connectivity index (χ1) is 16.9. The molecule has 0 amide bonds. The fraction of sp³-hybridized carbons (Fsp3) is 0.448. The Morgan fingerprint density at radius 2 is 1.74 bits per heavy atom. The fourth-order valence-corrected chi connectivity index (χ4v) is 4.49. The molecule has 0 atom stereocenters. The van der Waals surface area contributed by atoms with Gasteiger partial charge in [0.2, 0.25) is 0 Å². The minimum Gasteiger partial charge on any atom is -0.462 e. The number of rotatable bonds is 11. The Morgan fingerprint density at radius 3 is 2.43 bits per heavy atom. The molecule has 1 aliphatic carbocycles. The monoisotopic (exact) mass is 478 g/mol. The van der Waals surface area contributed by atoms with E-state index in [1.807, 2.05) is 6.07 Å². The number of nitrogen functional groups attached to an aromatic ring is 2. The number of hydrogen-bond donors (Lipinski definition) is 2. The van der Waals surface area contributed by atoms with E-state index in [1.165, 1.54) is 31.8 Å². The van der Waals surface area contributed by atoms with Gasteiger partial charge in [0.1, 0.15) is 6.10 Å². The molecule has 0 spiro atoms. The second kappa shape index (κ2) is 13.6. The molecule has 0 heterocycles. The second-order valence-corrected chi connectivity index (χ2v) is 9.37. The van der Waals surface area contributed by atoms with Crippen molar-refractivity contribution in [2.75, 3.05) is 18.1 Å². The molecule has 35 heavy (non-hydrogen) atoms. The number of carbonyl (C=O) groups is 2. The SMILES string of the molecule is CCCCCC1CCC(OC(=O)c2ccc(C=CC(=O)OCCc3ccc(N)cc3N)cc2)CC1. The van der Waals surface area contributed by atoms with Gasteiger partial charge in [-0.3, -0.25) is 0 Å². The summed E-state index contributed by atoms with van der Waals surface area (Å²) in [6.45, 7) is 2.46. The Kier molecular flexibility index (Phi) is 10.2. The van der Waals surface area contributed by atoms with Crippen LogP contribution in [0, 0.1) is 5.92 Å². The van der Waals surface area contributed by atoms with E-state index >= 15 is 0 Å². The maximum atomic E-state index is 12.5. The summed E-state index contributed by atoms with van der Waals surface area (Å²) < 4.78 is 11.0. The molecule has 6 heteroatoms. The normalized spacial score (nSPS) is 17.9. The van der Waals surface area contributed by atoms with Gasteiger partial charge in [0.25, 0.3) is 0 Å². The van der Waals surface area contributed by atoms with E-state index in [0.717, 1.165) is 42.7 Å². The molecule has 2 aromatic carbocycles. The molecule has 1 saturated carbocycles. The van der Waals surface area contributed by atoms with Crippen LogP contribution in [0.5, 0.6) is 0 Å². The molecule has 188 valence electrons. The third-order valence-corrected chi connectivity index (χ3v) is 6.63. The predicted octanol–water partition coefficient (Wildman–Crippen LogP) is 5.95. The van der Waals surface area contributed by atoms with Crippen molar-refractivity contribution < 1.29 is 19.1 Å². The smallest absolute Gasteiger partial charge is 0.338 e. The van der Waals surface area contributed by atoms with Crippen LogP contribution >= 0.6 is 0 Å². The number of benzene rings is 2. The summed E-state index contributed by atoms with van der Waals surface area (Å²) in [5, 5.41) is 0. The summed E-state index contributed by atoms with van der Waals surface area (Å²) in [5.41, 5.74) is 15.0. The van der Waals surface area contributed by atoms with E-state index in [2.05, 4.69) is 6.92 Å². The predicted molar refractivity (Wildman–Crippen MR) is 141 cm³/mol. The molecule has 6 nitrogen and oxygen atoms in total. The third kappa shape index (κ3) is 8.78. The highest BCUT2D eigenvalue weighted by Gasteiger charge is 2.24. The number of unbranched alkanes of at least 4 members (excludes halogenated alkanes) is 2. The fourth-order valence-electron chi connectivity index (χ4n) is 4.49. The molecular weight excluding hydrogens is 440 g/mol. The third-order valence-electron chi connectivity index (χ3n) is 6.63. The van der Waals surface area contributed by atoms with Crippen LogP contribution in [0.2, 0.25) is 0 Å². The average molecular weight is 479 g/mol. The largest absolute Gasteiger partial charge is 0.462 e. The van der Waals surface area contributed by atoms with Crippen molar-refractivity contribution >= 4 is 29.4 Å². The Hall–Kier alpha value is -3.28. The lowest BCUT2D eigenvalue weighted by Gasteiger charge is -2.28. The lowest BCUT2D eigenvalue weighted by atomic mass is 9.84. The summed E-state index contributed by atoms with van der Waals surface area (Å²) in [4.78, 5) is 24.5. The van der Waals surface area contributed by atoms with E-state index < -0.39 is 5.97 Å². The summed E-state index contributed by atoms with van der Waals surface area (Å²) in [6.07, 6.45) is 12.9. The molecule has 0 radical (unpaired) electrons. The van der Waals surface area contributed by atoms with Crippen LogP contribution in [-0.4, -0.2) is 24.6 Å². The first-order valence-corrected chi connectivity index (χ1v) is 12.7. The highest BCUT2D eigenvalue weighted by atomic mass is 16.5. The van der Waals surface area contributed by atoms with Gasteiger partial charge in [-0.15, -0.1) is 0 Å². The molecule has 0 aromatic heterocycles. The average Bonchev–Trinajstić information content (AvgIpc) is 2.85. The van der Waals surface area contributed by atoms with E-state index in [-0.39, 0.29) is 18.7 Å². The van der Waals surface area contributed by atoms with E-state index in [4.69, 9.17) is 20.9 Å². The van der Waals surface area contributed by atoms with Crippen LogP contribution in [-0.2, 0) is 20.7 Å². The highest BCUT2D eigenvalue weighted by molar-refractivity contribution is 5.90. The Morgan fingerprint density at radius 1 is 1.00 bits per heavy atom. The quantitative estimate of drug-likeness (QED) is 0.179. The highest BCUT2D eigenvalue weighted by Crippen LogP contribution is 2.30. The van der Waals surface area contributed by atoms with E-state index in [9.17, 15) is 9.59 Å². The number of anilines is 2. The van der Waals surface area contributed by atoms with Gasteiger partial charge in [0.05, 0.1) is 12.2 Å². The zero-order valence-corrected chi connectivity index (χ0v) is 20.7. The zero-order valence-electron chi connectivity index (χ0n) is 20.7.